The van der Waals surface area contributed by atoms with Crippen molar-refractivity contribution in [2.75, 3.05) is 5.73 Å². The third kappa shape index (κ3) is 4.64. The van der Waals surface area contributed by atoms with Gasteiger partial charge in [0.25, 0.3) is 0 Å². The molecule has 1 aromatic heterocycles. The Kier molecular flexibility index (Phi) is 5.99. The summed E-state index contributed by atoms with van der Waals surface area (Å²) in [7, 11) is 0. The molecule has 0 radical (unpaired) electrons. The van der Waals surface area contributed by atoms with Gasteiger partial charge in [-0.2, -0.15) is 0 Å². The molecule has 0 aliphatic rings. The number of hydrogen-bond donors (Lipinski definition) is 1. The van der Waals surface area contributed by atoms with Crippen LogP contribution in [0.15, 0.2) is 112 Å². The SMILES string of the molecule is Nc1ccc2oc(-c3ccc(OCc4ccccc4)cc3)c(OCc3ccccc3)c(=O)c2c1. The van der Waals surface area contributed by atoms with Crippen LogP contribution in [0.3, 0.4) is 0 Å². The Hall–Kier alpha value is -4.51. The summed E-state index contributed by atoms with van der Waals surface area (Å²) in [4.78, 5) is 13.4. The number of anilines is 1. The Labute approximate surface area is 197 Å². The van der Waals surface area contributed by atoms with Gasteiger partial charge in [0, 0.05) is 11.3 Å². The van der Waals surface area contributed by atoms with Crippen molar-refractivity contribution >= 4 is 16.7 Å². The van der Waals surface area contributed by atoms with E-state index in [1.165, 1.54) is 0 Å². The lowest BCUT2D eigenvalue weighted by Gasteiger charge is -2.13. The minimum absolute atomic E-state index is 0.153. The first kappa shape index (κ1) is 21.3. The third-order valence-electron chi connectivity index (χ3n) is 5.46. The molecule has 168 valence electrons. The van der Waals surface area contributed by atoms with Gasteiger partial charge in [-0.15, -0.1) is 0 Å². The molecule has 4 aromatic carbocycles. The van der Waals surface area contributed by atoms with Crippen molar-refractivity contribution < 1.29 is 13.9 Å². The lowest BCUT2D eigenvalue weighted by atomic mass is 10.1. The fraction of sp³-hybridized carbons (Fsp3) is 0.0690. The van der Waals surface area contributed by atoms with E-state index in [0.717, 1.165) is 16.9 Å². The van der Waals surface area contributed by atoms with E-state index in [1.807, 2.05) is 84.9 Å². The smallest absolute Gasteiger partial charge is 0.235 e. The maximum Gasteiger partial charge on any atom is 0.235 e. The zero-order valence-corrected chi connectivity index (χ0v) is 18.4. The van der Waals surface area contributed by atoms with Gasteiger partial charge in [-0.1, -0.05) is 60.7 Å². The number of hydrogen-bond acceptors (Lipinski definition) is 5. The van der Waals surface area contributed by atoms with E-state index in [-0.39, 0.29) is 17.8 Å². The van der Waals surface area contributed by atoms with Crippen LogP contribution in [0.2, 0.25) is 0 Å². The number of nitrogen functional groups attached to an aromatic ring is 1. The van der Waals surface area contributed by atoms with E-state index in [0.29, 0.717) is 34.6 Å². The van der Waals surface area contributed by atoms with Crippen LogP contribution in [0.1, 0.15) is 11.1 Å². The molecular formula is C29H23NO4. The van der Waals surface area contributed by atoms with Crippen molar-refractivity contribution in [3.63, 3.8) is 0 Å². The summed E-state index contributed by atoms with van der Waals surface area (Å²) >= 11 is 0. The van der Waals surface area contributed by atoms with Gasteiger partial charge in [-0.05, 0) is 53.6 Å². The first-order chi connectivity index (χ1) is 16.7. The summed E-state index contributed by atoms with van der Waals surface area (Å²) in [6.45, 7) is 0.711. The monoisotopic (exact) mass is 449 g/mol. The second-order valence-corrected chi connectivity index (χ2v) is 7.92. The summed E-state index contributed by atoms with van der Waals surface area (Å²) in [6.07, 6.45) is 0. The van der Waals surface area contributed by atoms with Crippen LogP contribution < -0.4 is 20.6 Å². The molecule has 34 heavy (non-hydrogen) atoms. The summed E-state index contributed by atoms with van der Waals surface area (Å²) in [6, 6.07) is 32.1. The van der Waals surface area contributed by atoms with Gasteiger partial charge in [0.05, 0.1) is 5.39 Å². The van der Waals surface area contributed by atoms with Gasteiger partial charge < -0.3 is 19.6 Å². The largest absolute Gasteiger partial charge is 0.489 e. The predicted octanol–water partition coefficient (Wildman–Crippen LogP) is 6.20. The zero-order chi connectivity index (χ0) is 23.3. The standard InChI is InChI=1S/C29H23NO4/c30-23-13-16-26-25(17-23)27(31)29(33-19-21-9-5-2-6-10-21)28(34-26)22-11-14-24(15-12-22)32-18-20-7-3-1-4-8-20/h1-17H,18-19,30H2. The van der Waals surface area contributed by atoms with Gasteiger partial charge in [-0.3, -0.25) is 4.79 Å². The van der Waals surface area contributed by atoms with E-state index >= 15 is 0 Å². The van der Waals surface area contributed by atoms with Crippen molar-refractivity contribution in [1.29, 1.82) is 0 Å². The quantitative estimate of drug-likeness (QED) is 0.299. The van der Waals surface area contributed by atoms with Crippen LogP contribution in [0.4, 0.5) is 5.69 Å². The zero-order valence-electron chi connectivity index (χ0n) is 18.4. The highest BCUT2D eigenvalue weighted by Crippen LogP contribution is 2.33. The fourth-order valence-corrected chi connectivity index (χ4v) is 3.69. The van der Waals surface area contributed by atoms with Crippen molar-refractivity contribution in [3.05, 3.63) is 124 Å². The molecule has 0 atom stereocenters. The molecule has 0 aliphatic carbocycles. The van der Waals surface area contributed by atoms with E-state index in [1.54, 1.807) is 18.2 Å². The molecule has 5 heteroatoms. The number of ether oxygens (including phenoxy) is 2. The Bertz CT molecular complexity index is 1460. The molecule has 0 saturated heterocycles. The number of nitrogens with two attached hydrogens (primary N) is 1. The van der Waals surface area contributed by atoms with Crippen LogP contribution in [0, 0.1) is 0 Å². The highest BCUT2D eigenvalue weighted by atomic mass is 16.5. The minimum Gasteiger partial charge on any atom is -0.489 e. The molecule has 0 fully saturated rings. The first-order valence-corrected chi connectivity index (χ1v) is 11.0. The van der Waals surface area contributed by atoms with E-state index in [2.05, 4.69) is 0 Å². The minimum atomic E-state index is -0.260. The number of benzene rings is 4. The summed E-state index contributed by atoms with van der Waals surface area (Å²) in [5.74, 6) is 1.24. The lowest BCUT2D eigenvalue weighted by molar-refractivity contribution is 0.297. The number of rotatable bonds is 7. The van der Waals surface area contributed by atoms with E-state index in [9.17, 15) is 4.79 Å². The topological polar surface area (TPSA) is 74.7 Å². The van der Waals surface area contributed by atoms with Gasteiger partial charge in [0.1, 0.15) is 24.5 Å². The molecule has 1 heterocycles. The summed E-state index contributed by atoms with van der Waals surface area (Å²) < 4.78 is 18.1. The van der Waals surface area contributed by atoms with Crippen molar-refractivity contribution in [1.82, 2.24) is 0 Å². The molecule has 5 aromatic rings. The number of fused-ring (bicyclic) bond motifs is 1. The van der Waals surface area contributed by atoms with E-state index < -0.39 is 0 Å². The van der Waals surface area contributed by atoms with Gasteiger partial charge in [0.2, 0.25) is 11.2 Å². The molecule has 0 spiro atoms. The van der Waals surface area contributed by atoms with Gasteiger partial charge in [-0.25, -0.2) is 0 Å². The average molecular weight is 450 g/mol. The van der Waals surface area contributed by atoms with Crippen LogP contribution in [0.5, 0.6) is 11.5 Å². The van der Waals surface area contributed by atoms with Crippen molar-refractivity contribution in [3.8, 4) is 22.8 Å². The third-order valence-corrected chi connectivity index (χ3v) is 5.46. The second kappa shape index (κ2) is 9.55. The molecule has 0 unspecified atom stereocenters. The van der Waals surface area contributed by atoms with Crippen LogP contribution in [-0.4, -0.2) is 0 Å². The van der Waals surface area contributed by atoms with Gasteiger partial charge in [0.15, 0.2) is 5.76 Å². The maximum atomic E-state index is 13.4. The Balaban J connectivity index is 1.48. The molecule has 5 rings (SSSR count). The molecular weight excluding hydrogens is 426 g/mol. The molecule has 2 N–H and O–H groups in total. The summed E-state index contributed by atoms with van der Waals surface area (Å²) in [5, 5.41) is 0.384. The van der Waals surface area contributed by atoms with Crippen LogP contribution >= 0.6 is 0 Å². The second-order valence-electron chi connectivity index (χ2n) is 7.92. The van der Waals surface area contributed by atoms with Crippen molar-refractivity contribution in [2.24, 2.45) is 0 Å². The lowest BCUT2D eigenvalue weighted by Crippen LogP contribution is -2.10. The van der Waals surface area contributed by atoms with E-state index in [4.69, 9.17) is 19.6 Å². The van der Waals surface area contributed by atoms with Crippen molar-refractivity contribution in [2.45, 2.75) is 13.2 Å². The highest BCUT2D eigenvalue weighted by molar-refractivity contribution is 5.84. The fourth-order valence-electron chi connectivity index (χ4n) is 3.69. The molecule has 0 amide bonds. The van der Waals surface area contributed by atoms with Gasteiger partial charge >= 0.3 is 0 Å². The first-order valence-electron chi connectivity index (χ1n) is 11.0. The summed E-state index contributed by atoms with van der Waals surface area (Å²) in [5.41, 5.74) is 9.33. The van der Waals surface area contributed by atoms with Crippen LogP contribution in [0.25, 0.3) is 22.3 Å². The molecule has 0 aliphatic heterocycles. The maximum absolute atomic E-state index is 13.4. The molecule has 5 nitrogen and oxygen atoms in total. The highest BCUT2D eigenvalue weighted by Gasteiger charge is 2.18. The Morgan fingerprint density at radius 1 is 0.706 bits per heavy atom. The molecule has 0 bridgehead atoms. The Morgan fingerprint density at radius 2 is 1.32 bits per heavy atom. The normalized spacial score (nSPS) is 10.8. The Morgan fingerprint density at radius 3 is 1.97 bits per heavy atom. The average Bonchev–Trinajstić information content (AvgIpc) is 2.89. The molecule has 0 saturated carbocycles. The predicted molar refractivity (Wildman–Crippen MR) is 134 cm³/mol. The van der Waals surface area contributed by atoms with Crippen LogP contribution in [-0.2, 0) is 13.2 Å².